The Kier molecular flexibility index (Phi) is 4.07. The Labute approximate surface area is 113 Å². The molecule has 0 amide bonds. The average Bonchev–Trinajstić information content (AvgIpc) is 2.42. The van der Waals surface area contributed by atoms with Gasteiger partial charge in [0, 0.05) is 0 Å². The first-order valence-corrected chi connectivity index (χ1v) is 6.17. The summed E-state index contributed by atoms with van der Waals surface area (Å²) in [5.74, 6) is 2.16. The molecule has 2 rings (SSSR count). The third-order valence-corrected chi connectivity index (χ3v) is 2.96. The molecule has 0 aromatic heterocycles. The van der Waals surface area contributed by atoms with Gasteiger partial charge in [0.15, 0.2) is 11.5 Å². The van der Waals surface area contributed by atoms with E-state index in [-0.39, 0.29) is 6.61 Å². The third kappa shape index (κ3) is 3.06. The predicted octanol–water partition coefficient (Wildman–Crippen LogP) is 3.60. The molecule has 0 atom stereocenters. The number of hydrogen-bond donors (Lipinski definition) is 1. The van der Waals surface area contributed by atoms with Crippen molar-refractivity contribution >= 4 is 0 Å². The topological polar surface area (TPSA) is 38.7 Å². The summed E-state index contributed by atoms with van der Waals surface area (Å²) in [6.07, 6.45) is 0. The zero-order valence-corrected chi connectivity index (χ0v) is 11.4. The van der Waals surface area contributed by atoms with Crippen LogP contribution in [0.15, 0.2) is 36.4 Å². The molecule has 0 aliphatic heterocycles. The van der Waals surface area contributed by atoms with Crippen LogP contribution < -0.4 is 9.47 Å². The van der Waals surface area contributed by atoms with E-state index >= 15 is 0 Å². The fourth-order valence-corrected chi connectivity index (χ4v) is 1.90. The molecule has 1 N–H and O–H groups in total. The average molecular weight is 258 g/mol. The van der Waals surface area contributed by atoms with Crippen LogP contribution in [0.5, 0.6) is 17.2 Å². The predicted molar refractivity (Wildman–Crippen MR) is 74.9 cm³/mol. The Morgan fingerprint density at radius 1 is 0.947 bits per heavy atom. The summed E-state index contributed by atoms with van der Waals surface area (Å²) in [6.45, 7) is 4.00. The lowest BCUT2D eigenvalue weighted by Crippen LogP contribution is -1.93. The van der Waals surface area contributed by atoms with E-state index in [2.05, 4.69) is 0 Å². The van der Waals surface area contributed by atoms with Gasteiger partial charge in [0.25, 0.3) is 0 Å². The molecule has 2 aromatic carbocycles. The quantitative estimate of drug-likeness (QED) is 0.910. The molecule has 2 aromatic rings. The second-order valence-electron chi connectivity index (χ2n) is 4.51. The minimum atomic E-state index is 0.0367. The fraction of sp³-hybridized carbons (Fsp3) is 0.250. The first-order chi connectivity index (χ1) is 9.13. The molecule has 0 spiro atoms. The van der Waals surface area contributed by atoms with Crippen LogP contribution in [-0.4, -0.2) is 12.2 Å². The van der Waals surface area contributed by atoms with Crippen LogP contribution in [0.25, 0.3) is 0 Å². The smallest absolute Gasteiger partial charge is 0.169 e. The van der Waals surface area contributed by atoms with Crippen molar-refractivity contribution in [1.82, 2.24) is 0 Å². The van der Waals surface area contributed by atoms with E-state index in [0.29, 0.717) is 11.5 Å². The monoisotopic (exact) mass is 258 g/mol. The summed E-state index contributed by atoms with van der Waals surface area (Å²) in [5, 5.41) is 9.09. The van der Waals surface area contributed by atoms with Gasteiger partial charge in [-0.1, -0.05) is 18.2 Å². The van der Waals surface area contributed by atoms with Gasteiger partial charge in [-0.25, -0.2) is 0 Å². The summed E-state index contributed by atoms with van der Waals surface area (Å²) in [5.41, 5.74) is 2.98. The van der Waals surface area contributed by atoms with Crippen LogP contribution in [0, 0.1) is 13.8 Å². The van der Waals surface area contributed by atoms with Crippen molar-refractivity contribution in [2.75, 3.05) is 7.11 Å². The maximum absolute atomic E-state index is 9.09. The molecule has 19 heavy (non-hydrogen) atoms. The van der Waals surface area contributed by atoms with Crippen molar-refractivity contribution in [2.24, 2.45) is 0 Å². The van der Waals surface area contributed by atoms with Crippen molar-refractivity contribution < 1.29 is 14.6 Å². The van der Waals surface area contributed by atoms with Gasteiger partial charge in [-0.15, -0.1) is 0 Å². The summed E-state index contributed by atoms with van der Waals surface area (Å²) in [4.78, 5) is 0. The Morgan fingerprint density at radius 3 is 2.32 bits per heavy atom. The Hall–Kier alpha value is -2.00. The molecule has 0 radical (unpaired) electrons. The molecule has 0 saturated heterocycles. The standard InChI is InChI=1S/C16H18O3/c1-11-4-6-15(16(8-11)18-3)19-14-7-5-13(10-17)9-12(14)2/h4-9,17H,10H2,1-3H3. The number of rotatable bonds is 4. The van der Waals surface area contributed by atoms with E-state index < -0.39 is 0 Å². The van der Waals surface area contributed by atoms with Gasteiger partial charge < -0.3 is 14.6 Å². The summed E-state index contributed by atoms with van der Waals surface area (Å²) in [7, 11) is 1.63. The molecular formula is C16H18O3. The van der Waals surface area contributed by atoms with Gasteiger partial charge in [0.2, 0.25) is 0 Å². The molecule has 0 fully saturated rings. The Balaban J connectivity index is 2.31. The summed E-state index contributed by atoms with van der Waals surface area (Å²) in [6, 6.07) is 11.4. The molecule has 3 heteroatoms. The van der Waals surface area contributed by atoms with Gasteiger partial charge >= 0.3 is 0 Å². The van der Waals surface area contributed by atoms with Crippen LogP contribution in [0.4, 0.5) is 0 Å². The molecule has 0 unspecified atom stereocenters. The van der Waals surface area contributed by atoms with Gasteiger partial charge in [-0.2, -0.15) is 0 Å². The molecule has 3 nitrogen and oxygen atoms in total. The summed E-state index contributed by atoms with van der Waals surface area (Å²) < 4.78 is 11.2. The molecular weight excluding hydrogens is 240 g/mol. The number of hydrogen-bond acceptors (Lipinski definition) is 3. The molecule has 100 valence electrons. The highest BCUT2D eigenvalue weighted by atomic mass is 16.5. The highest BCUT2D eigenvalue weighted by Gasteiger charge is 2.08. The van der Waals surface area contributed by atoms with Crippen molar-refractivity contribution in [3.05, 3.63) is 53.1 Å². The lowest BCUT2D eigenvalue weighted by molar-refractivity contribution is 0.281. The van der Waals surface area contributed by atoms with Crippen LogP contribution in [0.1, 0.15) is 16.7 Å². The third-order valence-electron chi connectivity index (χ3n) is 2.96. The van der Waals surface area contributed by atoms with Crippen LogP contribution in [0.3, 0.4) is 0 Å². The Bertz CT molecular complexity index is 576. The maximum atomic E-state index is 9.09. The van der Waals surface area contributed by atoms with Gasteiger partial charge in [0.1, 0.15) is 5.75 Å². The first kappa shape index (κ1) is 13.4. The molecule has 0 aliphatic rings. The van der Waals surface area contributed by atoms with Crippen LogP contribution in [0.2, 0.25) is 0 Å². The molecule has 0 bridgehead atoms. The van der Waals surface area contributed by atoms with Crippen LogP contribution in [-0.2, 0) is 6.61 Å². The maximum Gasteiger partial charge on any atom is 0.169 e. The zero-order chi connectivity index (χ0) is 13.8. The van der Waals surface area contributed by atoms with Gasteiger partial charge in [-0.3, -0.25) is 0 Å². The van der Waals surface area contributed by atoms with Gasteiger partial charge in [-0.05, 0) is 48.7 Å². The SMILES string of the molecule is COc1cc(C)ccc1Oc1ccc(CO)cc1C. The van der Waals surface area contributed by atoms with Crippen molar-refractivity contribution in [3.8, 4) is 17.2 Å². The number of benzene rings is 2. The lowest BCUT2D eigenvalue weighted by atomic mass is 10.1. The number of aryl methyl sites for hydroxylation is 2. The highest BCUT2D eigenvalue weighted by Crippen LogP contribution is 2.33. The largest absolute Gasteiger partial charge is 0.493 e. The number of aliphatic hydroxyl groups excluding tert-OH is 1. The highest BCUT2D eigenvalue weighted by molar-refractivity contribution is 5.47. The zero-order valence-electron chi connectivity index (χ0n) is 11.4. The van der Waals surface area contributed by atoms with Crippen molar-refractivity contribution in [1.29, 1.82) is 0 Å². The number of methoxy groups -OCH3 is 1. The van der Waals surface area contributed by atoms with E-state index in [1.165, 1.54) is 0 Å². The number of aliphatic hydroxyl groups is 1. The van der Waals surface area contributed by atoms with E-state index in [0.717, 1.165) is 22.4 Å². The summed E-state index contributed by atoms with van der Waals surface area (Å²) >= 11 is 0. The van der Waals surface area contributed by atoms with Crippen molar-refractivity contribution in [2.45, 2.75) is 20.5 Å². The normalized spacial score (nSPS) is 10.3. The van der Waals surface area contributed by atoms with Crippen molar-refractivity contribution in [3.63, 3.8) is 0 Å². The number of ether oxygens (including phenoxy) is 2. The Morgan fingerprint density at radius 2 is 1.68 bits per heavy atom. The van der Waals surface area contributed by atoms with E-state index in [1.807, 2.05) is 50.2 Å². The molecule has 0 saturated carbocycles. The lowest BCUT2D eigenvalue weighted by Gasteiger charge is -2.13. The van der Waals surface area contributed by atoms with E-state index in [1.54, 1.807) is 7.11 Å². The van der Waals surface area contributed by atoms with E-state index in [9.17, 15) is 0 Å². The fourth-order valence-electron chi connectivity index (χ4n) is 1.90. The van der Waals surface area contributed by atoms with Gasteiger partial charge in [0.05, 0.1) is 13.7 Å². The minimum absolute atomic E-state index is 0.0367. The molecule has 0 aliphatic carbocycles. The second kappa shape index (κ2) is 5.76. The minimum Gasteiger partial charge on any atom is -0.493 e. The second-order valence-corrected chi connectivity index (χ2v) is 4.51. The van der Waals surface area contributed by atoms with E-state index in [4.69, 9.17) is 14.6 Å². The molecule has 0 heterocycles. The first-order valence-electron chi connectivity index (χ1n) is 6.17. The van der Waals surface area contributed by atoms with Crippen LogP contribution >= 0.6 is 0 Å².